The summed E-state index contributed by atoms with van der Waals surface area (Å²) in [6.07, 6.45) is 1.46. The molecule has 0 saturated heterocycles. The van der Waals surface area contributed by atoms with Crippen molar-refractivity contribution >= 4 is 56.8 Å². The first kappa shape index (κ1) is 22.8. The van der Waals surface area contributed by atoms with Crippen LogP contribution in [0.4, 0.5) is 11.4 Å². The van der Waals surface area contributed by atoms with Crippen molar-refractivity contribution in [2.45, 2.75) is 30.5 Å². The van der Waals surface area contributed by atoms with E-state index in [1.165, 1.54) is 28.9 Å². The lowest BCUT2D eigenvalue weighted by atomic mass is 10.1. The number of carbonyl (C=O) groups is 2. The molecule has 0 aliphatic rings. The number of nitrogens with zero attached hydrogens (tertiary/aromatic N) is 1. The Kier molecular flexibility index (Phi) is 6.33. The van der Waals surface area contributed by atoms with Crippen molar-refractivity contribution < 1.29 is 14.0 Å². The van der Waals surface area contributed by atoms with Crippen LogP contribution < -0.4 is 10.6 Å². The normalized spacial score (nSPS) is 12.1. The number of nitrogens with one attached hydrogen (secondary N) is 2. The van der Waals surface area contributed by atoms with Gasteiger partial charge >= 0.3 is 0 Å². The van der Waals surface area contributed by atoms with Crippen molar-refractivity contribution in [2.75, 3.05) is 10.6 Å². The first-order chi connectivity index (χ1) is 17.0. The highest BCUT2D eigenvalue weighted by Crippen LogP contribution is 2.32. The molecule has 5 rings (SSSR count). The van der Waals surface area contributed by atoms with E-state index in [-0.39, 0.29) is 22.8 Å². The lowest BCUT2D eigenvalue weighted by Gasteiger charge is -2.13. The van der Waals surface area contributed by atoms with Gasteiger partial charge in [-0.25, -0.2) is 0 Å². The minimum atomic E-state index is -0.335. The van der Waals surface area contributed by atoms with E-state index in [4.69, 9.17) is 4.42 Å². The molecule has 176 valence electrons. The van der Waals surface area contributed by atoms with Gasteiger partial charge in [-0.05, 0) is 68.4 Å². The van der Waals surface area contributed by atoms with Crippen LogP contribution in [-0.4, -0.2) is 21.6 Å². The third-order valence-corrected chi connectivity index (χ3v) is 6.97. The average Bonchev–Trinajstić information content (AvgIpc) is 3.51. The maximum atomic E-state index is 13.0. The summed E-state index contributed by atoms with van der Waals surface area (Å²) in [6, 6.07) is 25.1. The molecule has 0 saturated carbocycles. The van der Waals surface area contributed by atoms with Crippen LogP contribution in [0.2, 0.25) is 0 Å². The predicted octanol–water partition coefficient (Wildman–Crippen LogP) is 6.78. The summed E-state index contributed by atoms with van der Waals surface area (Å²) in [6.45, 7) is 4.89. The van der Waals surface area contributed by atoms with Crippen LogP contribution in [0.15, 0.2) is 94.4 Å². The van der Waals surface area contributed by atoms with Crippen LogP contribution >= 0.6 is 11.8 Å². The number of hydrogen-bond acceptors (Lipinski definition) is 4. The Morgan fingerprint density at radius 2 is 1.69 bits per heavy atom. The maximum absolute atomic E-state index is 13.0. The molecule has 2 amide bonds. The summed E-state index contributed by atoms with van der Waals surface area (Å²) in [5, 5.41) is 7.85. The number of amides is 2. The Labute approximate surface area is 207 Å². The van der Waals surface area contributed by atoms with E-state index in [9.17, 15) is 9.59 Å². The summed E-state index contributed by atoms with van der Waals surface area (Å²) in [4.78, 5) is 26.1. The maximum Gasteiger partial charge on any atom is 0.291 e. The van der Waals surface area contributed by atoms with Gasteiger partial charge in [-0.1, -0.05) is 24.3 Å². The molecule has 0 bridgehead atoms. The van der Waals surface area contributed by atoms with Crippen LogP contribution in [0.1, 0.15) is 24.4 Å². The highest BCUT2D eigenvalue weighted by molar-refractivity contribution is 8.00. The van der Waals surface area contributed by atoms with Crippen LogP contribution in [0.5, 0.6) is 0 Å². The minimum Gasteiger partial charge on any atom is -0.459 e. The van der Waals surface area contributed by atoms with Gasteiger partial charge in [-0.2, -0.15) is 0 Å². The van der Waals surface area contributed by atoms with Gasteiger partial charge in [0.25, 0.3) is 5.91 Å². The smallest absolute Gasteiger partial charge is 0.291 e. The number of aromatic nitrogens is 1. The van der Waals surface area contributed by atoms with Gasteiger partial charge in [-0.15, -0.1) is 11.8 Å². The van der Waals surface area contributed by atoms with Gasteiger partial charge in [0.15, 0.2) is 5.76 Å². The molecule has 0 aliphatic carbocycles. The van der Waals surface area contributed by atoms with Crippen molar-refractivity contribution in [3.05, 3.63) is 90.9 Å². The molecule has 2 heterocycles. The quantitative estimate of drug-likeness (QED) is 0.250. The van der Waals surface area contributed by atoms with Gasteiger partial charge < -0.3 is 19.6 Å². The average molecular weight is 484 g/mol. The number of thioether (sulfide) groups is 1. The number of fused-ring (bicyclic) bond motifs is 3. The summed E-state index contributed by atoms with van der Waals surface area (Å²) in [5.74, 6) is -0.156. The predicted molar refractivity (Wildman–Crippen MR) is 142 cm³/mol. The standard InChI is InChI=1S/C28H25N3O3S/c1-3-31-24-11-5-4-10-22(24)23-17-20(13-14-25(23)31)29-27(32)18(2)35-21-9-6-8-19(16-21)30-28(33)26-12-7-15-34-26/h4-18H,3H2,1-2H3,(H,29,32)(H,30,33). The molecule has 1 atom stereocenters. The molecular formula is C28H25N3O3S. The number of anilines is 2. The summed E-state index contributed by atoms with van der Waals surface area (Å²) < 4.78 is 7.42. The number of carbonyl (C=O) groups excluding carboxylic acids is 2. The van der Waals surface area contributed by atoms with Crippen molar-refractivity contribution in [3.8, 4) is 0 Å². The van der Waals surface area contributed by atoms with E-state index in [1.54, 1.807) is 18.2 Å². The van der Waals surface area contributed by atoms with E-state index in [0.717, 1.165) is 28.0 Å². The van der Waals surface area contributed by atoms with Crippen LogP contribution in [-0.2, 0) is 11.3 Å². The molecule has 7 heteroatoms. The van der Waals surface area contributed by atoms with Crippen LogP contribution in [0, 0.1) is 0 Å². The fourth-order valence-electron chi connectivity index (χ4n) is 4.22. The molecule has 0 spiro atoms. The fourth-order valence-corrected chi connectivity index (χ4v) is 5.15. The lowest BCUT2D eigenvalue weighted by molar-refractivity contribution is -0.115. The number of aryl methyl sites for hydroxylation is 1. The number of furan rings is 1. The molecule has 1 unspecified atom stereocenters. The molecule has 0 aliphatic heterocycles. The minimum absolute atomic E-state index is 0.0846. The van der Waals surface area contributed by atoms with Gasteiger partial charge in [-0.3, -0.25) is 9.59 Å². The molecule has 2 aromatic heterocycles. The molecule has 6 nitrogen and oxygen atoms in total. The van der Waals surface area contributed by atoms with Crippen LogP contribution in [0.25, 0.3) is 21.8 Å². The van der Waals surface area contributed by atoms with Gasteiger partial charge in [0.2, 0.25) is 5.91 Å². The Morgan fingerprint density at radius 3 is 2.49 bits per heavy atom. The van der Waals surface area contributed by atoms with Crippen LogP contribution in [0.3, 0.4) is 0 Å². The summed E-state index contributed by atoms with van der Waals surface area (Å²) >= 11 is 1.43. The Hall–Kier alpha value is -3.97. The molecule has 35 heavy (non-hydrogen) atoms. The van der Waals surface area contributed by atoms with Gasteiger partial charge in [0.05, 0.1) is 11.5 Å². The largest absolute Gasteiger partial charge is 0.459 e. The Balaban J connectivity index is 1.29. The lowest BCUT2D eigenvalue weighted by Crippen LogP contribution is -2.22. The Morgan fingerprint density at radius 1 is 0.886 bits per heavy atom. The highest BCUT2D eigenvalue weighted by atomic mass is 32.2. The van der Waals surface area contributed by atoms with Crippen molar-refractivity contribution in [1.29, 1.82) is 0 Å². The summed E-state index contributed by atoms with van der Waals surface area (Å²) in [7, 11) is 0. The monoisotopic (exact) mass is 483 g/mol. The number of benzene rings is 3. The molecule has 2 N–H and O–H groups in total. The summed E-state index contributed by atoms with van der Waals surface area (Å²) in [5.41, 5.74) is 3.76. The molecule has 3 aromatic carbocycles. The number of rotatable bonds is 7. The van der Waals surface area contributed by atoms with Crippen molar-refractivity contribution in [3.63, 3.8) is 0 Å². The van der Waals surface area contributed by atoms with E-state index in [2.05, 4.69) is 40.3 Å². The molecule has 0 radical (unpaired) electrons. The SMILES string of the molecule is CCn1c2ccccc2c2cc(NC(=O)C(C)Sc3cccc(NC(=O)c4ccco4)c3)ccc21. The zero-order valence-electron chi connectivity index (χ0n) is 19.4. The van der Waals surface area contributed by atoms with E-state index in [1.807, 2.05) is 49.4 Å². The highest BCUT2D eigenvalue weighted by Gasteiger charge is 2.17. The topological polar surface area (TPSA) is 76.3 Å². The van der Waals surface area contributed by atoms with Gasteiger partial charge in [0, 0.05) is 44.6 Å². The van der Waals surface area contributed by atoms with Crippen molar-refractivity contribution in [1.82, 2.24) is 4.57 Å². The second-order valence-electron chi connectivity index (χ2n) is 8.20. The number of para-hydroxylation sites is 1. The second kappa shape index (κ2) is 9.72. The molecule has 0 fully saturated rings. The third kappa shape index (κ3) is 4.68. The third-order valence-electron chi connectivity index (χ3n) is 5.88. The van der Waals surface area contributed by atoms with E-state index < -0.39 is 0 Å². The van der Waals surface area contributed by atoms with Gasteiger partial charge in [0.1, 0.15) is 0 Å². The van der Waals surface area contributed by atoms with E-state index in [0.29, 0.717) is 5.69 Å². The van der Waals surface area contributed by atoms with Crippen molar-refractivity contribution in [2.24, 2.45) is 0 Å². The fraction of sp³-hybridized carbons (Fsp3) is 0.143. The molecule has 5 aromatic rings. The second-order valence-corrected chi connectivity index (χ2v) is 9.62. The number of hydrogen-bond donors (Lipinski definition) is 2. The zero-order chi connectivity index (χ0) is 24.4. The Bertz CT molecular complexity index is 1520. The first-order valence-electron chi connectivity index (χ1n) is 11.5. The zero-order valence-corrected chi connectivity index (χ0v) is 20.3. The first-order valence-corrected chi connectivity index (χ1v) is 12.3. The molecular weight excluding hydrogens is 458 g/mol. The van der Waals surface area contributed by atoms with E-state index >= 15 is 0 Å².